The number of nitrogens with one attached hydrogen (secondary N) is 1. The van der Waals surface area contributed by atoms with Crippen LogP contribution in [-0.4, -0.2) is 32.2 Å². The van der Waals surface area contributed by atoms with Gasteiger partial charge in [-0.05, 0) is 60.9 Å². The van der Waals surface area contributed by atoms with Crippen LogP contribution in [0.5, 0.6) is 0 Å². The number of carboxylic acids is 1. The van der Waals surface area contributed by atoms with Crippen molar-refractivity contribution in [2.75, 3.05) is 0 Å². The molecule has 1 heterocycles. The zero-order valence-electron chi connectivity index (χ0n) is 18.7. The Balaban J connectivity index is 1.42. The number of carbonyl (C=O) groups excluding carboxylic acids is 1. The number of carboxylic acid groups (broad SMARTS) is 1. The predicted octanol–water partition coefficient (Wildman–Crippen LogP) is 5.51. The second-order valence-corrected chi connectivity index (χ2v) is 9.93. The standard InChI is InChI=1S/C26H20Cl3N3O4/c27-15-6-11-21-22(13-15)32(26(36)31(21)17-9-10-17)16-7-4-14(5-8-16)12-20(25(34)35)30-24(33)23-18(28)2-1-3-19(23)29/h1-8,11,13,17,20H,9-10,12H2,(H,30,33)(H,34,35). The highest BCUT2D eigenvalue weighted by Gasteiger charge is 2.29. The number of rotatable bonds is 7. The van der Waals surface area contributed by atoms with Crippen LogP contribution in [0.25, 0.3) is 16.7 Å². The van der Waals surface area contributed by atoms with Gasteiger partial charge in [0.15, 0.2) is 0 Å². The van der Waals surface area contributed by atoms with Crippen LogP contribution in [0, 0.1) is 0 Å². The predicted molar refractivity (Wildman–Crippen MR) is 140 cm³/mol. The average Bonchev–Trinajstić information content (AvgIpc) is 3.62. The topological polar surface area (TPSA) is 93.3 Å². The highest BCUT2D eigenvalue weighted by atomic mass is 35.5. The number of amides is 1. The molecule has 0 saturated heterocycles. The SMILES string of the molecule is O=C(NC(Cc1ccc(-n2c(=O)n(C3CC3)c3ccc(Cl)cc32)cc1)C(=O)O)c1c(Cl)cccc1Cl. The maximum absolute atomic E-state index is 13.3. The number of imidazole rings is 1. The molecule has 2 N–H and O–H groups in total. The molecule has 1 amide bonds. The van der Waals surface area contributed by atoms with Gasteiger partial charge in [0, 0.05) is 17.5 Å². The van der Waals surface area contributed by atoms with E-state index in [1.54, 1.807) is 51.6 Å². The molecule has 7 nitrogen and oxygen atoms in total. The summed E-state index contributed by atoms with van der Waals surface area (Å²) >= 11 is 18.4. The van der Waals surface area contributed by atoms with E-state index in [9.17, 15) is 19.5 Å². The van der Waals surface area contributed by atoms with E-state index >= 15 is 0 Å². The lowest BCUT2D eigenvalue weighted by Crippen LogP contribution is -2.42. The summed E-state index contributed by atoms with van der Waals surface area (Å²) in [6.45, 7) is 0. The maximum atomic E-state index is 13.3. The molecular formula is C26H20Cl3N3O4. The van der Waals surface area contributed by atoms with E-state index in [4.69, 9.17) is 34.8 Å². The molecule has 0 spiro atoms. The highest BCUT2D eigenvalue weighted by Crippen LogP contribution is 2.37. The number of hydrogen-bond acceptors (Lipinski definition) is 3. The molecule has 184 valence electrons. The van der Waals surface area contributed by atoms with Gasteiger partial charge in [0.05, 0.1) is 32.3 Å². The summed E-state index contributed by atoms with van der Waals surface area (Å²) in [7, 11) is 0. The van der Waals surface area contributed by atoms with E-state index < -0.39 is 17.9 Å². The molecule has 3 aromatic carbocycles. The van der Waals surface area contributed by atoms with E-state index in [1.807, 2.05) is 6.07 Å². The number of hydrogen-bond donors (Lipinski definition) is 2. The first kappa shape index (κ1) is 24.4. The van der Waals surface area contributed by atoms with Crippen molar-refractivity contribution in [1.82, 2.24) is 14.5 Å². The lowest BCUT2D eigenvalue weighted by Gasteiger charge is -2.16. The van der Waals surface area contributed by atoms with Crippen LogP contribution in [-0.2, 0) is 11.2 Å². The van der Waals surface area contributed by atoms with Gasteiger partial charge in [0.1, 0.15) is 6.04 Å². The molecule has 1 unspecified atom stereocenters. The summed E-state index contributed by atoms with van der Waals surface area (Å²) in [5, 5.41) is 13.0. The van der Waals surface area contributed by atoms with Gasteiger partial charge in [0.25, 0.3) is 5.91 Å². The molecule has 36 heavy (non-hydrogen) atoms. The number of fused-ring (bicyclic) bond motifs is 1. The minimum Gasteiger partial charge on any atom is -0.480 e. The highest BCUT2D eigenvalue weighted by molar-refractivity contribution is 6.39. The van der Waals surface area contributed by atoms with Crippen LogP contribution in [0.1, 0.15) is 34.8 Å². The smallest absolute Gasteiger partial charge is 0.333 e. The van der Waals surface area contributed by atoms with Gasteiger partial charge in [-0.15, -0.1) is 0 Å². The monoisotopic (exact) mass is 543 g/mol. The third-order valence-corrected chi connectivity index (χ3v) is 7.04. The van der Waals surface area contributed by atoms with Gasteiger partial charge in [0.2, 0.25) is 0 Å². The zero-order chi connectivity index (χ0) is 25.6. The quantitative estimate of drug-likeness (QED) is 0.321. The lowest BCUT2D eigenvalue weighted by molar-refractivity contribution is -0.139. The first-order valence-electron chi connectivity index (χ1n) is 11.2. The summed E-state index contributed by atoms with van der Waals surface area (Å²) in [6, 6.07) is 15.9. The molecule has 4 aromatic rings. The maximum Gasteiger partial charge on any atom is 0.333 e. The van der Waals surface area contributed by atoms with Gasteiger partial charge >= 0.3 is 11.7 Å². The molecule has 0 aliphatic heterocycles. The van der Waals surface area contributed by atoms with Crippen LogP contribution in [0.3, 0.4) is 0 Å². The van der Waals surface area contributed by atoms with Gasteiger partial charge in [-0.2, -0.15) is 0 Å². The minimum absolute atomic E-state index is 0.0209. The number of benzene rings is 3. The van der Waals surface area contributed by atoms with Crippen LogP contribution in [0.15, 0.2) is 65.5 Å². The molecule has 1 atom stereocenters. The number of halogens is 3. The third-order valence-electron chi connectivity index (χ3n) is 6.17. The Morgan fingerprint density at radius 1 is 0.972 bits per heavy atom. The third kappa shape index (κ3) is 4.62. The second kappa shape index (κ2) is 9.65. The zero-order valence-corrected chi connectivity index (χ0v) is 21.0. The van der Waals surface area contributed by atoms with Crippen LogP contribution >= 0.6 is 34.8 Å². The molecular weight excluding hydrogens is 525 g/mol. The van der Waals surface area contributed by atoms with E-state index in [-0.39, 0.29) is 33.8 Å². The summed E-state index contributed by atoms with van der Waals surface area (Å²) in [4.78, 5) is 37.9. The van der Waals surface area contributed by atoms with Gasteiger partial charge < -0.3 is 10.4 Å². The van der Waals surface area contributed by atoms with Crippen molar-refractivity contribution in [2.24, 2.45) is 0 Å². The Bertz CT molecular complexity index is 1540. The van der Waals surface area contributed by atoms with Crippen molar-refractivity contribution in [3.05, 3.63) is 97.3 Å². The average molecular weight is 545 g/mol. The molecule has 5 rings (SSSR count). The Morgan fingerprint density at radius 3 is 2.25 bits per heavy atom. The van der Waals surface area contributed by atoms with E-state index in [2.05, 4.69) is 5.32 Å². The summed E-state index contributed by atoms with van der Waals surface area (Å²) in [5.74, 6) is -1.88. The van der Waals surface area contributed by atoms with Crippen molar-refractivity contribution in [3.8, 4) is 5.69 Å². The number of aliphatic carboxylic acids is 1. The molecule has 0 bridgehead atoms. The molecule has 10 heteroatoms. The fraction of sp³-hybridized carbons (Fsp3) is 0.192. The molecule has 1 aliphatic rings. The van der Waals surface area contributed by atoms with Crippen LogP contribution in [0.2, 0.25) is 15.1 Å². The van der Waals surface area contributed by atoms with Gasteiger partial charge in [-0.3, -0.25) is 13.9 Å². The van der Waals surface area contributed by atoms with E-state index in [1.165, 1.54) is 12.1 Å². The normalized spacial score (nSPS) is 14.1. The molecule has 1 saturated carbocycles. The summed E-state index contributed by atoms with van der Waals surface area (Å²) < 4.78 is 3.41. The largest absolute Gasteiger partial charge is 0.480 e. The molecule has 1 aliphatic carbocycles. The minimum atomic E-state index is -1.21. The fourth-order valence-electron chi connectivity index (χ4n) is 4.29. The van der Waals surface area contributed by atoms with Gasteiger partial charge in [-0.25, -0.2) is 9.59 Å². The lowest BCUT2D eigenvalue weighted by atomic mass is 10.0. The van der Waals surface area contributed by atoms with E-state index in [0.717, 1.165) is 18.4 Å². The van der Waals surface area contributed by atoms with Crippen molar-refractivity contribution in [3.63, 3.8) is 0 Å². The molecule has 0 radical (unpaired) electrons. The Morgan fingerprint density at radius 2 is 1.64 bits per heavy atom. The Labute approximate surface area is 220 Å². The van der Waals surface area contributed by atoms with Crippen molar-refractivity contribution in [1.29, 1.82) is 0 Å². The number of aromatic nitrogens is 2. The molecule has 1 aromatic heterocycles. The summed E-state index contributed by atoms with van der Waals surface area (Å²) in [6.07, 6.45) is 1.94. The Kier molecular flexibility index (Phi) is 6.55. The van der Waals surface area contributed by atoms with Crippen LogP contribution in [0.4, 0.5) is 0 Å². The Hall–Kier alpha value is -3.26. The van der Waals surface area contributed by atoms with E-state index in [0.29, 0.717) is 21.8 Å². The summed E-state index contributed by atoms with van der Waals surface area (Å²) in [5.41, 5.74) is 2.70. The van der Waals surface area contributed by atoms with Gasteiger partial charge in [-0.1, -0.05) is 53.0 Å². The second-order valence-electron chi connectivity index (χ2n) is 8.68. The van der Waals surface area contributed by atoms with Crippen LogP contribution < -0.4 is 11.0 Å². The van der Waals surface area contributed by atoms with Crippen molar-refractivity contribution < 1.29 is 14.7 Å². The first-order chi connectivity index (χ1) is 17.2. The fourth-order valence-corrected chi connectivity index (χ4v) is 5.03. The first-order valence-corrected chi connectivity index (χ1v) is 12.4. The number of carbonyl (C=O) groups is 2. The van der Waals surface area contributed by atoms with Crippen molar-refractivity contribution in [2.45, 2.75) is 31.3 Å². The molecule has 1 fully saturated rings. The van der Waals surface area contributed by atoms with Crippen molar-refractivity contribution >= 4 is 57.7 Å². The number of nitrogens with zero attached hydrogens (tertiary/aromatic N) is 2.